The Hall–Kier alpha value is 0.350. The van der Waals surface area contributed by atoms with E-state index < -0.39 is 0 Å². The van der Waals surface area contributed by atoms with E-state index in [4.69, 9.17) is 0 Å². The normalized spacial score (nSPS) is 25.3. The molecule has 1 heterocycles. The van der Waals surface area contributed by atoms with Crippen molar-refractivity contribution in [3.05, 3.63) is 0 Å². The molecular formula is C13H30S. The van der Waals surface area contributed by atoms with Crippen LogP contribution in [0, 0.1) is 5.41 Å². The Labute approximate surface area is 96.2 Å². The highest BCUT2D eigenvalue weighted by Gasteiger charge is 2.24. The minimum Gasteiger partial charge on any atom is -0.161 e. The molecule has 1 aliphatic rings. The van der Waals surface area contributed by atoms with Crippen LogP contribution >= 0.6 is 11.8 Å². The quantitative estimate of drug-likeness (QED) is 0.570. The van der Waals surface area contributed by atoms with Crippen molar-refractivity contribution in [3.63, 3.8) is 0 Å². The lowest BCUT2D eigenvalue weighted by Crippen LogP contribution is -2.22. The van der Waals surface area contributed by atoms with Crippen molar-refractivity contribution in [1.82, 2.24) is 0 Å². The summed E-state index contributed by atoms with van der Waals surface area (Å²) in [7, 11) is 0. The first kappa shape index (κ1) is 16.8. The van der Waals surface area contributed by atoms with Crippen LogP contribution in [0.3, 0.4) is 0 Å². The summed E-state index contributed by atoms with van der Waals surface area (Å²) >= 11 is 2.13. The van der Waals surface area contributed by atoms with Gasteiger partial charge in [-0.25, -0.2) is 0 Å². The summed E-state index contributed by atoms with van der Waals surface area (Å²) in [5.74, 6) is 2.79. The molecule has 1 heteroatoms. The van der Waals surface area contributed by atoms with Crippen LogP contribution in [0.2, 0.25) is 0 Å². The van der Waals surface area contributed by atoms with E-state index >= 15 is 0 Å². The zero-order valence-corrected chi connectivity index (χ0v) is 12.0. The van der Waals surface area contributed by atoms with Gasteiger partial charge in [0.25, 0.3) is 0 Å². The van der Waals surface area contributed by atoms with Gasteiger partial charge < -0.3 is 0 Å². The van der Waals surface area contributed by atoms with Crippen molar-refractivity contribution in [2.45, 2.75) is 67.2 Å². The van der Waals surface area contributed by atoms with E-state index in [1.807, 2.05) is 13.8 Å². The first-order chi connectivity index (χ1) is 6.68. The summed E-state index contributed by atoms with van der Waals surface area (Å²) in [5, 5.41) is 0. The maximum absolute atomic E-state index is 2.42. The zero-order valence-electron chi connectivity index (χ0n) is 11.2. The van der Waals surface area contributed by atoms with Gasteiger partial charge in [-0.05, 0) is 36.2 Å². The van der Waals surface area contributed by atoms with E-state index in [2.05, 4.69) is 39.5 Å². The fourth-order valence-electron chi connectivity index (χ4n) is 1.27. The third kappa shape index (κ3) is 8.93. The molecule has 1 aliphatic heterocycles. The van der Waals surface area contributed by atoms with Gasteiger partial charge in [0.15, 0.2) is 0 Å². The second-order valence-corrected chi connectivity index (χ2v) is 5.13. The van der Waals surface area contributed by atoms with Gasteiger partial charge in [0, 0.05) is 0 Å². The molecule has 0 aromatic rings. The van der Waals surface area contributed by atoms with Gasteiger partial charge in [-0.3, -0.25) is 0 Å². The molecule has 0 N–H and O–H groups in total. The number of hydrogen-bond donors (Lipinski definition) is 0. The minimum atomic E-state index is 0.683. The lowest BCUT2D eigenvalue weighted by atomic mass is 9.85. The minimum absolute atomic E-state index is 0.683. The third-order valence-corrected chi connectivity index (χ3v) is 3.85. The average molecular weight is 218 g/mol. The topological polar surface area (TPSA) is 0 Å². The number of rotatable bonds is 1. The molecule has 1 rings (SSSR count). The molecule has 0 bridgehead atoms. The van der Waals surface area contributed by atoms with Crippen LogP contribution < -0.4 is 0 Å². The summed E-state index contributed by atoms with van der Waals surface area (Å²) in [5.41, 5.74) is 0.683. The van der Waals surface area contributed by atoms with Crippen LogP contribution in [-0.2, 0) is 0 Å². The van der Waals surface area contributed by atoms with E-state index in [-0.39, 0.29) is 0 Å². The predicted octanol–water partition coefficient (Wildman–Crippen LogP) is 5.37. The first-order valence-electron chi connectivity index (χ1n) is 6.26. The molecule has 1 saturated heterocycles. The molecule has 0 saturated carbocycles. The molecule has 0 aliphatic carbocycles. The van der Waals surface area contributed by atoms with E-state index in [0.29, 0.717) is 5.41 Å². The molecule has 14 heavy (non-hydrogen) atoms. The van der Waals surface area contributed by atoms with Crippen LogP contribution in [0.25, 0.3) is 0 Å². The molecule has 1 fully saturated rings. The average Bonchev–Trinajstić information content (AvgIpc) is 2.23. The SMILES string of the molecule is CC.CCC.CCC1(C)CCCSC1. The Kier molecular flexibility index (Phi) is 13.7. The van der Waals surface area contributed by atoms with Gasteiger partial charge in [-0.15, -0.1) is 0 Å². The summed E-state index contributed by atoms with van der Waals surface area (Å²) in [6, 6.07) is 0. The molecule has 0 radical (unpaired) electrons. The summed E-state index contributed by atoms with van der Waals surface area (Å²) in [6.45, 7) is 13.0. The van der Waals surface area contributed by atoms with E-state index in [0.717, 1.165) is 0 Å². The second-order valence-electron chi connectivity index (χ2n) is 4.03. The van der Waals surface area contributed by atoms with Crippen molar-refractivity contribution in [1.29, 1.82) is 0 Å². The highest BCUT2D eigenvalue weighted by Crippen LogP contribution is 2.36. The molecule has 0 aromatic carbocycles. The Morgan fingerprint density at radius 2 is 1.64 bits per heavy atom. The monoisotopic (exact) mass is 218 g/mol. The second kappa shape index (κ2) is 11.4. The fraction of sp³-hybridized carbons (Fsp3) is 1.00. The Morgan fingerprint density at radius 1 is 1.14 bits per heavy atom. The van der Waals surface area contributed by atoms with Gasteiger partial charge in [0.1, 0.15) is 0 Å². The Balaban J connectivity index is 0. The molecule has 0 amide bonds. The number of thioether (sulfide) groups is 1. The van der Waals surface area contributed by atoms with Gasteiger partial charge in [-0.1, -0.05) is 48.0 Å². The molecular weight excluding hydrogens is 188 g/mol. The molecule has 1 atom stereocenters. The van der Waals surface area contributed by atoms with Crippen LogP contribution in [0.5, 0.6) is 0 Å². The molecule has 0 spiro atoms. The van der Waals surface area contributed by atoms with Crippen LogP contribution in [0.15, 0.2) is 0 Å². The van der Waals surface area contributed by atoms with Gasteiger partial charge >= 0.3 is 0 Å². The highest BCUT2D eigenvalue weighted by molar-refractivity contribution is 7.99. The molecule has 1 unspecified atom stereocenters. The highest BCUT2D eigenvalue weighted by atomic mass is 32.2. The summed E-state index contributed by atoms with van der Waals surface area (Å²) in [6.07, 6.45) is 5.51. The fourth-order valence-corrected chi connectivity index (χ4v) is 2.60. The third-order valence-electron chi connectivity index (χ3n) is 2.37. The van der Waals surface area contributed by atoms with Gasteiger partial charge in [0.05, 0.1) is 0 Å². The van der Waals surface area contributed by atoms with E-state index in [1.54, 1.807) is 0 Å². The lowest BCUT2D eigenvalue weighted by molar-refractivity contribution is 0.320. The summed E-state index contributed by atoms with van der Waals surface area (Å²) < 4.78 is 0. The van der Waals surface area contributed by atoms with E-state index in [9.17, 15) is 0 Å². The van der Waals surface area contributed by atoms with Crippen molar-refractivity contribution >= 4 is 11.8 Å². The van der Waals surface area contributed by atoms with Crippen LogP contribution in [-0.4, -0.2) is 11.5 Å². The number of hydrogen-bond acceptors (Lipinski definition) is 1. The van der Waals surface area contributed by atoms with Crippen LogP contribution in [0.4, 0.5) is 0 Å². The largest absolute Gasteiger partial charge is 0.161 e. The molecule has 88 valence electrons. The van der Waals surface area contributed by atoms with Crippen molar-refractivity contribution in [2.75, 3.05) is 11.5 Å². The van der Waals surface area contributed by atoms with E-state index in [1.165, 1.54) is 37.2 Å². The standard InChI is InChI=1S/C8H16S.C3H8.C2H6/c1-3-8(2)5-4-6-9-7-8;1-3-2;1-2/h3-7H2,1-2H3;3H2,1-2H3;1-2H3. The maximum atomic E-state index is 2.42. The van der Waals surface area contributed by atoms with Crippen molar-refractivity contribution in [2.24, 2.45) is 5.41 Å². The predicted molar refractivity (Wildman–Crippen MR) is 72.3 cm³/mol. The maximum Gasteiger partial charge on any atom is -0.00135 e. The Bertz CT molecular complexity index is 93.4. The first-order valence-corrected chi connectivity index (χ1v) is 7.41. The van der Waals surface area contributed by atoms with Gasteiger partial charge in [-0.2, -0.15) is 11.8 Å². The summed E-state index contributed by atoms with van der Waals surface area (Å²) in [4.78, 5) is 0. The van der Waals surface area contributed by atoms with Crippen LogP contribution in [0.1, 0.15) is 67.2 Å². The molecule has 0 nitrogen and oxygen atoms in total. The lowest BCUT2D eigenvalue weighted by Gasteiger charge is -2.31. The van der Waals surface area contributed by atoms with Crippen molar-refractivity contribution < 1.29 is 0 Å². The van der Waals surface area contributed by atoms with Crippen molar-refractivity contribution in [3.8, 4) is 0 Å². The Morgan fingerprint density at radius 3 is 1.86 bits per heavy atom. The molecule has 0 aromatic heterocycles. The smallest absolute Gasteiger partial charge is 0.00135 e. The van der Waals surface area contributed by atoms with Gasteiger partial charge in [0.2, 0.25) is 0 Å². The zero-order chi connectivity index (χ0) is 11.4.